The second-order valence-corrected chi connectivity index (χ2v) is 4.45. The van der Waals surface area contributed by atoms with Crippen molar-refractivity contribution in [3.8, 4) is 5.75 Å². The average molecular weight is 262 g/mol. The van der Waals surface area contributed by atoms with Gasteiger partial charge in [-0.05, 0) is 37.1 Å². The molecule has 5 nitrogen and oxygen atoms in total. The smallest absolute Gasteiger partial charge is 0.226 e. The van der Waals surface area contributed by atoms with E-state index in [2.05, 4.69) is 10.1 Å². The molecule has 0 saturated heterocycles. The van der Waals surface area contributed by atoms with Crippen LogP contribution in [0.2, 0.25) is 0 Å². The van der Waals surface area contributed by atoms with Gasteiger partial charge >= 0.3 is 0 Å². The third-order valence-corrected chi connectivity index (χ3v) is 2.85. The molecule has 0 aliphatic heterocycles. The van der Waals surface area contributed by atoms with Gasteiger partial charge in [-0.25, -0.2) is 0 Å². The van der Waals surface area contributed by atoms with Crippen molar-refractivity contribution in [2.24, 2.45) is 0 Å². The van der Waals surface area contributed by atoms with E-state index in [9.17, 15) is 5.11 Å². The Morgan fingerprint density at radius 2 is 2.21 bits per heavy atom. The second kappa shape index (κ2) is 5.84. The van der Waals surface area contributed by atoms with Crippen LogP contribution in [0, 0.1) is 6.92 Å². The largest absolute Gasteiger partial charge is 0.485 e. The molecule has 0 aliphatic rings. The molecule has 1 atom stereocenters. The second-order valence-electron chi connectivity index (χ2n) is 4.45. The molecule has 0 saturated carbocycles. The Balaban J connectivity index is 2.03. The molecule has 19 heavy (non-hydrogen) atoms. The third-order valence-electron chi connectivity index (χ3n) is 2.85. The Morgan fingerprint density at radius 1 is 1.42 bits per heavy atom. The lowest BCUT2D eigenvalue weighted by molar-refractivity contribution is 0.199. The van der Waals surface area contributed by atoms with Gasteiger partial charge in [-0.1, -0.05) is 18.1 Å². The zero-order chi connectivity index (χ0) is 13.8. The minimum atomic E-state index is -0.475. The molecule has 0 bridgehead atoms. The molecule has 1 aromatic heterocycles. The molecule has 0 radical (unpaired) electrons. The summed E-state index contributed by atoms with van der Waals surface area (Å²) in [6.07, 6.45) is 0.242. The maximum absolute atomic E-state index is 9.50. The van der Waals surface area contributed by atoms with Crippen molar-refractivity contribution in [3.05, 3.63) is 41.0 Å². The Hall–Kier alpha value is -1.88. The van der Waals surface area contributed by atoms with E-state index in [0.717, 1.165) is 23.3 Å². The summed E-state index contributed by atoms with van der Waals surface area (Å²) in [7, 11) is 0. The van der Waals surface area contributed by atoms with Gasteiger partial charge in [-0.3, -0.25) is 0 Å². The number of aliphatic hydroxyl groups is 1. The van der Waals surface area contributed by atoms with Crippen LogP contribution in [0.15, 0.2) is 22.7 Å². The Labute approximate surface area is 112 Å². The van der Waals surface area contributed by atoms with E-state index >= 15 is 0 Å². The lowest BCUT2D eigenvalue weighted by atomic mass is 10.1. The summed E-state index contributed by atoms with van der Waals surface area (Å²) in [5.74, 6) is 1.91. The first-order valence-electron chi connectivity index (χ1n) is 6.33. The molecule has 2 aromatic rings. The molecule has 5 heteroatoms. The van der Waals surface area contributed by atoms with Gasteiger partial charge in [0.25, 0.3) is 0 Å². The normalized spacial score (nSPS) is 12.4. The summed E-state index contributed by atoms with van der Waals surface area (Å²) < 4.78 is 10.7. The summed E-state index contributed by atoms with van der Waals surface area (Å²) in [6.45, 7) is 5.91. The maximum Gasteiger partial charge on any atom is 0.226 e. The Kier molecular flexibility index (Phi) is 4.16. The highest BCUT2D eigenvalue weighted by Crippen LogP contribution is 2.23. The van der Waals surface area contributed by atoms with Gasteiger partial charge in [-0.2, -0.15) is 4.98 Å². The first kappa shape index (κ1) is 13.5. The number of hydrogen-bond acceptors (Lipinski definition) is 5. The number of rotatable bonds is 5. The molecule has 0 amide bonds. The molecule has 0 aliphatic carbocycles. The maximum atomic E-state index is 9.50. The molecule has 1 N–H and O–H groups in total. The highest BCUT2D eigenvalue weighted by molar-refractivity contribution is 5.36. The van der Waals surface area contributed by atoms with Crippen molar-refractivity contribution in [2.75, 3.05) is 0 Å². The van der Waals surface area contributed by atoms with Crippen LogP contribution < -0.4 is 4.74 Å². The Morgan fingerprint density at radius 3 is 2.79 bits per heavy atom. The minimum absolute atomic E-state index is 0.276. The van der Waals surface area contributed by atoms with E-state index in [1.165, 1.54) is 0 Å². The molecular formula is C14H18N2O3. The lowest BCUT2D eigenvalue weighted by Crippen LogP contribution is -2.00. The Bertz CT molecular complexity index is 549. The molecule has 1 heterocycles. The van der Waals surface area contributed by atoms with E-state index in [4.69, 9.17) is 9.26 Å². The van der Waals surface area contributed by atoms with Gasteiger partial charge in [-0.15, -0.1) is 0 Å². The predicted octanol–water partition coefficient (Wildman–Crippen LogP) is 2.57. The van der Waals surface area contributed by atoms with Crippen molar-refractivity contribution >= 4 is 0 Å². The average Bonchev–Trinajstić information content (AvgIpc) is 2.85. The topological polar surface area (TPSA) is 68.4 Å². The van der Waals surface area contributed by atoms with Crippen molar-refractivity contribution in [3.63, 3.8) is 0 Å². The number of benzene rings is 1. The summed E-state index contributed by atoms with van der Waals surface area (Å²) in [5, 5.41) is 13.3. The van der Waals surface area contributed by atoms with Crippen LogP contribution in [-0.4, -0.2) is 15.2 Å². The number of hydrogen-bond donors (Lipinski definition) is 1. The summed E-state index contributed by atoms with van der Waals surface area (Å²) >= 11 is 0. The fraction of sp³-hybridized carbons (Fsp3) is 0.429. The standard InChI is InChI=1S/C14H18N2O3/c1-4-14-15-13(16-19-14)8-18-12-6-5-11(10(3)17)7-9(12)2/h5-7,10,17H,4,8H2,1-3H3. The van der Waals surface area contributed by atoms with Crippen LogP contribution in [0.25, 0.3) is 0 Å². The number of aromatic nitrogens is 2. The SMILES string of the molecule is CCc1nc(COc2ccc(C(C)O)cc2C)no1. The first-order chi connectivity index (χ1) is 9.10. The van der Waals surface area contributed by atoms with Gasteiger partial charge in [0, 0.05) is 6.42 Å². The number of nitrogens with zero attached hydrogens (tertiary/aromatic N) is 2. The fourth-order valence-corrected chi connectivity index (χ4v) is 1.73. The van der Waals surface area contributed by atoms with Gasteiger partial charge in [0.15, 0.2) is 6.61 Å². The monoisotopic (exact) mass is 262 g/mol. The van der Waals surface area contributed by atoms with Crippen LogP contribution in [0.5, 0.6) is 5.75 Å². The van der Waals surface area contributed by atoms with Crippen molar-refractivity contribution in [2.45, 2.75) is 39.9 Å². The van der Waals surface area contributed by atoms with Gasteiger partial charge in [0.2, 0.25) is 11.7 Å². The molecule has 0 spiro atoms. The van der Waals surface area contributed by atoms with Crippen molar-refractivity contribution in [1.29, 1.82) is 0 Å². The molecule has 1 aromatic carbocycles. The number of aryl methyl sites for hydroxylation is 2. The summed E-state index contributed by atoms with van der Waals surface area (Å²) in [6, 6.07) is 5.60. The van der Waals surface area contributed by atoms with Crippen molar-refractivity contribution in [1.82, 2.24) is 10.1 Å². The molecule has 0 fully saturated rings. The van der Waals surface area contributed by atoms with Gasteiger partial charge in [0.1, 0.15) is 5.75 Å². The molecular weight excluding hydrogens is 244 g/mol. The van der Waals surface area contributed by atoms with E-state index in [1.54, 1.807) is 6.92 Å². The van der Waals surface area contributed by atoms with E-state index in [0.29, 0.717) is 11.7 Å². The molecule has 102 valence electrons. The number of ether oxygens (including phenoxy) is 1. The van der Waals surface area contributed by atoms with Crippen LogP contribution >= 0.6 is 0 Å². The summed E-state index contributed by atoms with van der Waals surface area (Å²) in [5.41, 5.74) is 1.84. The quantitative estimate of drug-likeness (QED) is 0.896. The predicted molar refractivity (Wildman–Crippen MR) is 69.8 cm³/mol. The van der Waals surface area contributed by atoms with Crippen molar-refractivity contribution < 1.29 is 14.4 Å². The van der Waals surface area contributed by atoms with Crippen LogP contribution in [0.4, 0.5) is 0 Å². The van der Waals surface area contributed by atoms with Crippen LogP contribution in [-0.2, 0) is 13.0 Å². The van der Waals surface area contributed by atoms with Gasteiger partial charge in [0.05, 0.1) is 6.10 Å². The lowest BCUT2D eigenvalue weighted by Gasteiger charge is -2.10. The van der Waals surface area contributed by atoms with Crippen LogP contribution in [0.1, 0.15) is 42.8 Å². The molecule has 1 unspecified atom stereocenters. The van der Waals surface area contributed by atoms with E-state index in [-0.39, 0.29) is 6.61 Å². The first-order valence-corrected chi connectivity index (χ1v) is 6.33. The fourth-order valence-electron chi connectivity index (χ4n) is 1.73. The highest BCUT2D eigenvalue weighted by Gasteiger charge is 2.08. The van der Waals surface area contributed by atoms with E-state index < -0.39 is 6.10 Å². The zero-order valence-electron chi connectivity index (χ0n) is 11.4. The van der Waals surface area contributed by atoms with Crippen LogP contribution in [0.3, 0.4) is 0 Å². The highest BCUT2D eigenvalue weighted by atomic mass is 16.5. The third kappa shape index (κ3) is 3.32. The number of aliphatic hydroxyl groups excluding tert-OH is 1. The summed E-state index contributed by atoms with van der Waals surface area (Å²) in [4.78, 5) is 4.18. The minimum Gasteiger partial charge on any atom is -0.485 e. The van der Waals surface area contributed by atoms with Gasteiger partial charge < -0.3 is 14.4 Å². The zero-order valence-corrected chi connectivity index (χ0v) is 11.4. The molecule has 2 rings (SSSR count). The van der Waals surface area contributed by atoms with E-state index in [1.807, 2.05) is 32.0 Å².